The van der Waals surface area contributed by atoms with E-state index in [0.29, 0.717) is 22.7 Å². The first-order valence-electron chi connectivity index (χ1n) is 9.04. The van der Waals surface area contributed by atoms with Gasteiger partial charge in [0.1, 0.15) is 17.4 Å². The number of hydrazone groups is 1. The standard InChI is InChI=1S/C21H24BrN3O4/c1-13(2)29-19-10-5-16(22)11-15(19)12-23-25-21(27)14(3)20(26)24-17-6-8-18(28-4)9-7-17/h5-14H,1-4H3,(H,24,26)(H,25,27). The molecule has 0 bridgehead atoms. The Labute approximate surface area is 178 Å². The van der Waals surface area contributed by atoms with Crippen LogP contribution in [0, 0.1) is 5.92 Å². The molecule has 8 heteroatoms. The van der Waals surface area contributed by atoms with Gasteiger partial charge in [-0.3, -0.25) is 9.59 Å². The average Bonchev–Trinajstić information content (AvgIpc) is 2.69. The third-order valence-corrected chi connectivity index (χ3v) is 4.35. The van der Waals surface area contributed by atoms with Crippen LogP contribution in [0.5, 0.6) is 11.5 Å². The van der Waals surface area contributed by atoms with Gasteiger partial charge >= 0.3 is 0 Å². The summed E-state index contributed by atoms with van der Waals surface area (Å²) >= 11 is 3.40. The number of carbonyl (C=O) groups excluding carboxylic acids is 2. The van der Waals surface area contributed by atoms with E-state index in [0.717, 1.165) is 4.47 Å². The Balaban J connectivity index is 1.97. The van der Waals surface area contributed by atoms with E-state index in [4.69, 9.17) is 9.47 Å². The Kier molecular flexibility index (Phi) is 8.21. The highest BCUT2D eigenvalue weighted by atomic mass is 79.9. The predicted molar refractivity (Wildman–Crippen MR) is 116 cm³/mol. The Hall–Kier alpha value is -2.87. The fraction of sp³-hybridized carbons (Fsp3) is 0.286. The van der Waals surface area contributed by atoms with Gasteiger partial charge in [0.15, 0.2) is 0 Å². The van der Waals surface area contributed by atoms with Gasteiger partial charge in [0.25, 0.3) is 5.91 Å². The first-order valence-corrected chi connectivity index (χ1v) is 9.83. The lowest BCUT2D eigenvalue weighted by Crippen LogP contribution is -2.34. The number of amides is 2. The van der Waals surface area contributed by atoms with Crippen LogP contribution in [0.15, 0.2) is 52.0 Å². The Morgan fingerprint density at radius 3 is 2.38 bits per heavy atom. The van der Waals surface area contributed by atoms with Crippen LogP contribution in [0.3, 0.4) is 0 Å². The maximum atomic E-state index is 12.3. The van der Waals surface area contributed by atoms with E-state index in [2.05, 4.69) is 31.8 Å². The van der Waals surface area contributed by atoms with Crippen molar-refractivity contribution in [3.63, 3.8) is 0 Å². The number of hydrogen-bond acceptors (Lipinski definition) is 5. The molecule has 0 radical (unpaired) electrons. The van der Waals surface area contributed by atoms with E-state index in [9.17, 15) is 9.59 Å². The minimum absolute atomic E-state index is 0.000380. The van der Waals surface area contributed by atoms with Gasteiger partial charge in [-0.1, -0.05) is 15.9 Å². The highest BCUT2D eigenvalue weighted by Crippen LogP contribution is 2.22. The largest absolute Gasteiger partial charge is 0.497 e. The number of ether oxygens (including phenoxy) is 2. The van der Waals surface area contributed by atoms with Crippen LogP contribution in [-0.2, 0) is 9.59 Å². The van der Waals surface area contributed by atoms with E-state index in [1.807, 2.05) is 32.0 Å². The van der Waals surface area contributed by atoms with Crippen molar-refractivity contribution in [3.05, 3.63) is 52.5 Å². The van der Waals surface area contributed by atoms with Crippen LogP contribution >= 0.6 is 15.9 Å². The van der Waals surface area contributed by atoms with E-state index < -0.39 is 17.7 Å². The summed E-state index contributed by atoms with van der Waals surface area (Å²) in [5, 5.41) is 6.65. The van der Waals surface area contributed by atoms with Crippen molar-refractivity contribution in [2.24, 2.45) is 11.0 Å². The van der Waals surface area contributed by atoms with Gasteiger partial charge in [0.05, 0.1) is 19.4 Å². The highest BCUT2D eigenvalue weighted by molar-refractivity contribution is 9.10. The first kappa shape index (κ1) is 22.4. The van der Waals surface area contributed by atoms with Crippen molar-refractivity contribution >= 4 is 39.6 Å². The predicted octanol–water partition coefficient (Wildman–Crippen LogP) is 3.97. The quantitative estimate of drug-likeness (QED) is 0.353. The fourth-order valence-electron chi connectivity index (χ4n) is 2.29. The van der Waals surface area contributed by atoms with E-state index >= 15 is 0 Å². The zero-order chi connectivity index (χ0) is 21.4. The summed E-state index contributed by atoms with van der Waals surface area (Å²) in [7, 11) is 1.56. The van der Waals surface area contributed by atoms with Gasteiger partial charge in [0, 0.05) is 15.7 Å². The van der Waals surface area contributed by atoms with Crippen molar-refractivity contribution < 1.29 is 19.1 Å². The van der Waals surface area contributed by atoms with Crippen LogP contribution in [0.1, 0.15) is 26.3 Å². The zero-order valence-corrected chi connectivity index (χ0v) is 18.3. The minimum atomic E-state index is -0.928. The molecule has 0 heterocycles. The van der Waals surface area contributed by atoms with Crippen LogP contribution in [0.25, 0.3) is 0 Å². The number of hydrogen-bond donors (Lipinski definition) is 2. The van der Waals surface area contributed by atoms with Gasteiger partial charge in [0.2, 0.25) is 5.91 Å². The molecule has 0 spiro atoms. The maximum Gasteiger partial charge on any atom is 0.252 e. The summed E-state index contributed by atoms with van der Waals surface area (Å²) in [5.41, 5.74) is 3.67. The molecule has 0 aliphatic rings. The smallest absolute Gasteiger partial charge is 0.252 e. The minimum Gasteiger partial charge on any atom is -0.497 e. The molecule has 2 aromatic rings. The molecule has 7 nitrogen and oxygen atoms in total. The van der Waals surface area contributed by atoms with Crippen molar-refractivity contribution in [2.75, 3.05) is 12.4 Å². The molecular formula is C21H24BrN3O4. The Morgan fingerprint density at radius 1 is 1.07 bits per heavy atom. The molecule has 154 valence electrons. The van der Waals surface area contributed by atoms with Crippen molar-refractivity contribution in [2.45, 2.75) is 26.9 Å². The van der Waals surface area contributed by atoms with Gasteiger partial charge in [-0.05, 0) is 63.2 Å². The Morgan fingerprint density at radius 2 is 1.76 bits per heavy atom. The number of nitrogens with zero attached hydrogens (tertiary/aromatic N) is 1. The second-order valence-corrected chi connectivity index (χ2v) is 7.44. The van der Waals surface area contributed by atoms with Gasteiger partial charge in [-0.15, -0.1) is 0 Å². The third-order valence-electron chi connectivity index (χ3n) is 3.86. The van der Waals surface area contributed by atoms with Gasteiger partial charge in [-0.2, -0.15) is 5.10 Å². The van der Waals surface area contributed by atoms with Crippen LogP contribution in [0.2, 0.25) is 0 Å². The Bertz CT molecular complexity index is 882. The average molecular weight is 462 g/mol. The van der Waals surface area contributed by atoms with Crippen molar-refractivity contribution in [1.82, 2.24) is 5.43 Å². The number of nitrogens with one attached hydrogen (secondary N) is 2. The molecule has 0 aliphatic heterocycles. The van der Waals surface area contributed by atoms with Crippen LogP contribution in [0.4, 0.5) is 5.69 Å². The molecule has 0 aromatic heterocycles. The summed E-state index contributed by atoms with van der Waals surface area (Å²) in [6.45, 7) is 5.36. The maximum absolute atomic E-state index is 12.3. The topological polar surface area (TPSA) is 89.0 Å². The lowest BCUT2D eigenvalue weighted by molar-refractivity contribution is -0.131. The molecule has 0 fully saturated rings. The zero-order valence-electron chi connectivity index (χ0n) is 16.7. The molecule has 2 amide bonds. The molecule has 1 atom stereocenters. The number of halogens is 1. The number of methoxy groups -OCH3 is 1. The molecular weight excluding hydrogens is 438 g/mol. The van der Waals surface area contributed by atoms with Crippen LogP contribution in [-0.4, -0.2) is 31.2 Å². The molecule has 29 heavy (non-hydrogen) atoms. The van der Waals surface area contributed by atoms with Crippen molar-refractivity contribution in [3.8, 4) is 11.5 Å². The molecule has 0 aliphatic carbocycles. The second kappa shape index (κ2) is 10.6. The summed E-state index contributed by atoms with van der Waals surface area (Å²) in [6.07, 6.45) is 1.48. The number of rotatable bonds is 8. The molecule has 2 rings (SSSR count). The highest BCUT2D eigenvalue weighted by Gasteiger charge is 2.21. The number of anilines is 1. The lowest BCUT2D eigenvalue weighted by atomic mass is 10.1. The van der Waals surface area contributed by atoms with Gasteiger partial charge < -0.3 is 14.8 Å². The summed E-state index contributed by atoms with van der Waals surface area (Å²) in [4.78, 5) is 24.5. The monoisotopic (exact) mass is 461 g/mol. The summed E-state index contributed by atoms with van der Waals surface area (Å²) < 4.78 is 11.7. The SMILES string of the molecule is COc1ccc(NC(=O)C(C)C(=O)NN=Cc2cc(Br)ccc2OC(C)C)cc1. The fourth-order valence-corrected chi connectivity index (χ4v) is 2.67. The number of carbonyl (C=O) groups is 2. The molecule has 2 N–H and O–H groups in total. The van der Waals surface area contributed by atoms with E-state index in [-0.39, 0.29) is 6.10 Å². The molecule has 1 unspecified atom stereocenters. The molecule has 0 saturated carbocycles. The third kappa shape index (κ3) is 6.90. The first-order chi connectivity index (χ1) is 13.8. The molecule has 0 saturated heterocycles. The lowest BCUT2D eigenvalue weighted by Gasteiger charge is -2.13. The summed E-state index contributed by atoms with van der Waals surface area (Å²) in [5.74, 6) is -0.561. The summed E-state index contributed by atoms with van der Waals surface area (Å²) in [6, 6.07) is 12.3. The van der Waals surface area contributed by atoms with E-state index in [1.165, 1.54) is 13.1 Å². The van der Waals surface area contributed by atoms with E-state index in [1.54, 1.807) is 31.4 Å². The normalized spacial score (nSPS) is 11.9. The second-order valence-electron chi connectivity index (χ2n) is 6.52. The molecule has 2 aromatic carbocycles. The number of benzene rings is 2. The van der Waals surface area contributed by atoms with Gasteiger partial charge in [-0.25, -0.2) is 5.43 Å². The van der Waals surface area contributed by atoms with Crippen LogP contribution < -0.4 is 20.2 Å². The van der Waals surface area contributed by atoms with Crippen molar-refractivity contribution in [1.29, 1.82) is 0 Å².